The van der Waals surface area contributed by atoms with Gasteiger partial charge in [-0.1, -0.05) is 0 Å². The Kier molecular flexibility index (Phi) is 5.63. The molecule has 1 fully saturated rings. The van der Waals surface area contributed by atoms with E-state index in [2.05, 4.69) is 21.9 Å². The van der Waals surface area contributed by atoms with E-state index in [-0.39, 0.29) is 23.1 Å². The number of amides is 1. The number of benzene rings is 1. The van der Waals surface area contributed by atoms with Gasteiger partial charge in [0.15, 0.2) is 5.82 Å². The number of likely N-dealkylation sites (N-methyl/N-ethyl adjacent to an activating group) is 1. The predicted molar refractivity (Wildman–Crippen MR) is 117 cm³/mol. The third kappa shape index (κ3) is 3.81. The van der Waals surface area contributed by atoms with E-state index < -0.39 is 11.4 Å². The van der Waals surface area contributed by atoms with Gasteiger partial charge in [0.05, 0.1) is 16.7 Å². The Morgan fingerprint density at radius 3 is 2.72 bits per heavy atom. The highest BCUT2D eigenvalue weighted by Gasteiger charge is 2.25. The van der Waals surface area contributed by atoms with E-state index in [1.165, 1.54) is 29.2 Å². The molecule has 4 rings (SSSR count). The lowest BCUT2D eigenvalue weighted by atomic mass is 10.0. The molecule has 8 nitrogen and oxygen atoms in total. The van der Waals surface area contributed by atoms with Crippen molar-refractivity contribution in [1.29, 1.82) is 5.26 Å². The van der Waals surface area contributed by atoms with Crippen molar-refractivity contribution in [3.8, 4) is 23.0 Å². The quantitative estimate of drug-likeness (QED) is 0.682. The molecule has 9 heteroatoms. The summed E-state index contributed by atoms with van der Waals surface area (Å²) >= 11 is 0. The molecule has 1 amide bonds. The number of piperazine rings is 1. The van der Waals surface area contributed by atoms with E-state index in [0.717, 1.165) is 6.54 Å². The lowest BCUT2D eigenvalue weighted by Gasteiger charge is -2.37. The monoisotopic (exact) mass is 434 g/mol. The molecule has 1 atom stereocenters. The summed E-state index contributed by atoms with van der Waals surface area (Å²) in [5.41, 5.74) is 1.25. The number of aryl methyl sites for hydroxylation is 1. The number of aromatic amines is 1. The second kappa shape index (κ2) is 8.40. The largest absolute Gasteiger partial charge is 0.336 e. The number of hydrogen-bond donors (Lipinski definition) is 1. The van der Waals surface area contributed by atoms with Crippen LogP contribution in [0.5, 0.6) is 0 Å². The van der Waals surface area contributed by atoms with Crippen molar-refractivity contribution in [3.63, 3.8) is 0 Å². The van der Waals surface area contributed by atoms with Gasteiger partial charge in [-0.2, -0.15) is 5.26 Å². The number of nitrogens with one attached hydrogen (secondary N) is 1. The maximum absolute atomic E-state index is 14.1. The first-order chi connectivity index (χ1) is 15.3. The zero-order chi connectivity index (χ0) is 23.0. The van der Waals surface area contributed by atoms with E-state index in [1.54, 1.807) is 25.1 Å². The maximum atomic E-state index is 14.1. The highest BCUT2D eigenvalue weighted by molar-refractivity contribution is 5.94. The van der Waals surface area contributed by atoms with Crippen LogP contribution < -0.4 is 5.56 Å². The van der Waals surface area contributed by atoms with Crippen molar-refractivity contribution in [2.75, 3.05) is 26.7 Å². The zero-order valence-corrected chi connectivity index (χ0v) is 18.1. The SMILES string of the molecule is Cc1cc(C#N)c(F)cc1-c1c[nH]n(-c2ccc(C(=O)N3CCN(C)[C@H](C)C3)cn2)c1=O. The van der Waals surface area contributed by atoms with Crippen LogP contribution in [0.3, 0.4) is 0 Å². The van der Waals surface area contributed by atoms with Gasteiger partial charge in [0.1, 0.15) is 11.9 Å². The number of carbonyl (C=O) groups excluding carboxylic acids is 1. The second-order valence-corrected chi connectivity index (χ2v) is 8.07. The van der Waals surface area contributed by atoms with Crippen molar-refractivity contribution in [2.24, 2.45) is 0 Å². The fraction of sp³-hybridized carbons (Fsp3) is 0.304. The van der Waals surface area contributed by atoms with Crippen molar-refractivity contribution < 1.29 is 9.18 Å². The van der Waals surface area contributed by atoms with Gasteiger partial charge < -0.3 is 9.80 Å². The number of pyridine rings is 1. The van der Waals surface area contributed by atoms with Crippen molar-refractivity contribution in [2.45, 2.75) is 19.9 Å². The Hall–Kier alpha value is -3.77. The predicted octanol–water partition coefficient (Wildman–Crippen LogP) is 2.32. The van der Waals surface area contributed by atoms with Gasteiger partial charge in [-0.25, -0.2) is 14.1 Å². The smallest absolute Gasteiger partial charge is 0.280 e. The molecule has 32 heavy (non-hydrogen) atoms. The first-order valence-corrected chi connectivity index (χ1v) is 10.3. The van der Waals surface area contributed by atoms with E-state index in [4.69, 9.17) is 5.26 Å². The first-order valence-electron chi connectivity index (χ1n) is 10.3. The number of rotatable bonds is 3. The van der Waals surface area contributed by atoms with Crippen LogP contribution in [0.1, 0.15) is 28.4 Å². The highest BCUT2D eigenvalue weighted by Crippen LogP contribution is 2.24. The fourth-order valence-corrected chi connectivity index (χ4v) is 3.85. The van der Waals surface area contributed by atoms with Crippen LogP contribution >= 0.6 is 0 Å². The Balaban J connectivity index is 1.59. The van der Waals surface area contributed by atoms with Crippen molar-refractivity contribution in [3.05, 3.63) is 69.5 Å². The number of carbonyl (C=O) groups is 1. The summed E-state index contributed by atoms with van der Waals surface area (Å²) in [6, 6.07) is 7.93. The van der Waals surface area contributed by atoms with E-state index in [9.17, 15) is 14.0 Å². The summed E-state index contributed by atoms with van der Waals surface area (Å²) in [4.78, 5) is 34.1. The molecule has 1 aliphatic rings. The van der Waals surface area contributed by atoms with Crippen LogP contribution in [0.2, 0.25) is 0 Å². The number of H-pyrrole nitrogens is 1. The topological polar surface area (TPSA) is 98.0 Å². The summed E-state index contributed by atoms with van der Waals surface area (Å²) in [6.45, 7) is 5.91. The van der Waals surface area contributed by atoms with Gasteiger partial charge in [0, 0.05) is 38.1 Å². The summed E-state index contributed by atoms with van der Waals surface area (Å²) in [5.74, 6) is -0.456. The van der Waals surface area contributed by atoms with E-state index in [1.807, 2.05) is 11.9 Å². The molecule has 1 aromatic carbocycles. The van der Waals surface area contributed by atoms with E-state index in [0.29, 0.717) is 35.6 Å². The molecule has 3 heterocycles. The molecule has 1 saturated heterocycles. The lowest BCUT2D eigenvalue weighted by molar-refractivity contribution is 0.0572. The molecule has 1 aliphatic heterocycles. The summed E-state index contributed by atoms with van der Waals surface area (Å²) in [7, 11) is 2.04. The van der Waals surface area contributed by atoms with Crippen LogP contribution in [0.15, 0.2) is 41.5 Å². The van der Waals surface area contributed by atoms with Crippen LogP contribution in [0.25, 0.3) is 16.9 Å². The normalized spacial score (nSPS) is 16.7. The number of aromatic nitrogens is 3. The third-order valence-corrected chi connectivity index (χ3v) is 5.97. The molecule has 3 aromatic rings. The van der Waals surface area contributed by atoms with Crippen LogP contribution in [-0.4, -0.2) is 63.2 Å². The summed E-state index contributed by atoms with van der Waals surface area (Å²) < 4.78 is 15.3. The number of hydrogen-bond acceptors (Lipinski definition) is 5. The average molecular weight is 434 g/mol. The Morgan fingerprint density at radius 1 is 1.28 bits per heavy atom. The molecule has 0 bridgehead atoms. The number of halogens is 1. The average Bonchev–Trinajstić information content (AvgIpc) is 3.17. The minimum absolute atomic E-state index is 0.0706. The van der Waals surface area contributed by atoms with Gasteiger partial charge >= 0.3 is 0 Å². The minimum Gasteiger partial charge on any atom is -0.336 e. The zero-order valence-electron chi connectivity index (χ0n) is 18.1. The van der Waals surface area contributed by atoms with Gasteiger partial charge in [-0.15, -0.1) is 0 Å². The molecule has 0 unspecified atom stereocenters. The minimum atomic E-state index is -0.681. The van der Waals surface area contributed by atoms with Crippen molar-refractivity contribution >= 4 is 5.91 Å². The van der Waals surface area contributed by atoms with Gasteiger partial charge in [-0.3, -0.25) is 14.7 Å². The van der Waals surface area contributed by atoms with Gasteiger partial charge in [0.25, 0.3) is 11.5 Å². The van der Waals surface area contributed by atoms with E-state index >= 15 is 0 Å². The fourth-order valence-electron chi connectivity index (χ4n) is 3.85. The maximum Gasteiger partial charge on any atom is 0.280 e. The standard InChI is InChI=1S/C23H23FN6O2/c1-14-8-17(10-25)20(24)9-18(14)19-12-27-30(23(19)32)21-5-4-16(11-26-21)22(31)29-7-6-28(3)15(2)13-29/h4-5,8-9,11-12,15,27H,6-7,13H2,1-3H3/t15-/m1/s1. The first kappa shape index (κ1) is 21.5. The molecule has 164 valence electrons. The van der Waals surface area contributed by atoms with Crippen LogP contribution in [-0.2, 0) is 0 Å². The Labute approximate surface area is 184 Å². The summed E-state index contributed by atoms with van der Waals surface area (Å²) in [5, 5.41) is 11.8. The molecule has 2 aromatic heterocycles. The molecule has 0 aliphatic carbocycles. The molecule has 0 spiro atoms. The Bertz CT molecular complexity index is 1270. The molecular formula is C23H23FN6O2. The highest BCUT2D eigenvalue weighted by atomic mass is 19.1. The third-order valence-electron chi connectivity index (χ3n) is 5.97. The molecular weight excluding hydrogens is 411 g/mol. The van der Waals surface area contributed by atoms with Crippen LogP contribution in [0.4, 0.5) is 4.39 Å². The van der Waals surface area contributed by atoms with Gasteiger partial charge in [0.2, 0.25) is 0 Å². The summed E-state index contributed by atoms with van der Waals surface area (Å²) in [6.07, 6.45) is 2.93. The van der Waals surface area contributed by atoms with Crippen LogP contribution in [0, 0.1) is 24.1 Å². The molecule has 1 N–H and O–H groups in total. The van der Waals surface area contributed by atoms with Crippen molar-refractivity contribution in [1.82, 2.24) is 24.6 Å². The number of nitriles is 1. The van der Waals surface area contributed by atoms with Gasteiger partial charge in [-0.05, 0) is 56.3 Å². The molecule has 0 saturated carbocycles. The lowest BCUT2D eigenvalue weighted by Crippen LogP contribution is -2.52. The molecule has 0 radical (unpaired) electrons. The number of nitrogens with zero attached hydrogens (tertiary/aromatic N) is 5. The Morgan fingerprint density at radius 2 is 2.06 bits per heavy atom. The second-order valence-electron chi connectivity index (χ2n) is 8.07.